The molecule has 0 aliphatic rings. The van der Waals surface area contributed by atoms with E-state index in [2.05, 4.69) is 10.3 Å². The van der Waals surface area contributed by atoms with Gasteiger partial charge in [0, 0.05) is 11.6 Å². The number of rotatable bonds is 6. The minimum Gasteiger partial charge on any atom is -0.496 e. The zero-order chi connectivity index (χ0) is 19.6. The number of hydrogen-bond donors (Lipinski definition) is 1. The maximum Gasteiger partial charge on any atom is 0.299 e. The van der Waals surface area contributed by atoms with Gasteiger partial charge in [0.25, 0.3) is 11.0 Å². The van der Waals surface area contributed by atoms with Crippen LogP contribution in [0.4, 0.5) is 0 Å². The molecule has 2 aromatic carbocycles. The molecule has 8 nitrogen and oxygen atoms in total. The second-order valence-electron chi connectivity index (χ2n) is 5.80. The van der Waals surface area contributed by atoms with E-state index in [-0.39, 0.29) is 5.75 Å². The Morgan fingerprint density at radius 3 is 2.37 bits per heavy atom. The molecule has 0 aliphatic heterocycles. The lowest BCUT2D eigenvalue weighted by molar-refractivity contribution is 0.394. The van der Waals surface area contributed by atoms with Crippen LogP contribution in [-0.2, 0) is 11.0 Å². The molecule has 9 heteroatoms. The van der Waals surface area contributed by atoms with E-state index in [0.717, 1.165) is 22.6 Å². The average molecular weight is 389 g/mol. The first-order valence-corrected chi connectivity index (χ1v) is 9.11. The Morgan fingerprint density at radius 1 is 0.963 bits per heavy atom. The number of hydrogen-bond acceptors (Lipinski definition) is 7. The van der Waals surface area contributed by atoms with Crippen LogP contribution in [0.3, 0.4) is 0 Å². The summed E-state index contributed by atoms with van der Waals surface area (Å²) in [4.78, 5) is 0. The second-order valence-corrected chi connectivity index (χ2v) is 6.43. The third-order valence-corrected chi connectivity index (χ3v) is 4.60. The Kier molecular flexibility index (Phi) is 5.31. The smallest absolute Gasteiger partial charge is 0.299 e. The number of aromatic nitrogens is 3. The lowest BCUT2D eigenvalue weighted by Crippen LogP contribution is -2.02. The zero-order valence-corrected chi connectivity index (χ0v) is 16.2. The number of benzene rings is 2. The van der Waals surface area contributed by atoms with Crippen LogP contribution in [0, 0.1) is 13.8 Å². The summed E-state index contributed by atoms with van der Waals surface area (Å²) >= 11 is 0. The highest BCUT2D eigenvalue weighted by Crippen LogP contribution is 2.34. The van der Waals surface area contributed by atoms with E-state index >= 15 is 0 Å². The van der Waals surface area contributed by atoms with Gasteiger partial charge in [-0.3, -0.25) is 0 Å². The third-order valence-electron chi connectivity index (χ3n) is 4.25. The van der Waals surface area contributed by atoms with Gasteiger partial charge in [0.15, 0.2) is 11.5 Å². The van der Waals surface area contributed by atoms with Gasteiger partial charge in [-0.05, 0) is 49.2 Å². The molecule has 142 valence electrons. The van der Waals surface area contributed by atoms with Crippen molar-refractivity contribution in [1.82, 2.24) is 15.0 Å². The molecule has 0 amide bonds. The maximum atomic E-state index is 11.0. The Bertz CT molecular complexity index is 1050. The Balaban J connectivity index is 2.12. The molecule has 0 saturated heterocycles. The van der Waals surface area contributed by atoms with Gasteiger partial charge in [-0.2, -0.15) is 8.42 Å². The molecule has 0 saturated carbocycles. The minimum absolute atomic E-state index is 0.0940. The Labute approximate surface area is 158 Å². The monoisotopic (exact) mass is 389 g/mol. The Morgan fingerprint density at radius 2 is 1.70 bits per heavy atom. The number of thiol groups is 1. The van der Waals surface area contributed by atoms with E-state index in [1.165, 1.54) is 7.11 Å². The molecule has 27 heavy (non-hydrogen) atoms. The van der Waals surface area contributed by atoms with Crippen LogP contribution in [0.2, 0.25) is 0 Å². The van der Waals surface area contributed by atoms with E-state index in [1.807, 2.05) is 26.0 Å². The summed E-state index contributed by atoms with van der Waals surface area (Å²) in [5.41, 5.74) is 4.20. The molecule has 1 aromatic heterocycles. The van der Waals surface area contributed by atoms with E-state index in [4.69, 9.17) is 13.7 Å². The van der Waals surface area contributed by atoms with Crippen molar-refractivity contribution in [2.24, 2.45) is 0 Å². The molecule has 0 aliphatic carbocycles. The van der Waals surface area contributed by atoms with E-state index in [0.29, 0.717) is 17.0 Å². The molecule has 3 aromatic rings. The van der Waals surface area contributed by atoms with Crippen LogP contribution >= 0.6 is 0 Å². The predicted molar refractivity (Wildman–Crippen MR) is 100 cm³/mol. The van der Waals surface area contributed by atoms with Crippen molar-refractivity contribution in [3.63, 3.8) is 0 Å². The van der Waals surface area contributed by atoms with Crippen LogP contribution in [-0.4, -0.2) is 37.6 Å². The highest BCUT2D eigenvalue weighted by molar-refractivity contribution is 7.67. The molecule has 0 fully saturated rings. The molecule has 0 radical (unpaired) electrons. The summed E-state index contributed by atoms with van der Waals surface area (Å²) in [6, 6.07) is 8.82. The lowest BCUT2D eigenvalue weighted by Gasteiger charge is -2.13. The first-order valence-electron chi connectivity index (χ1n) is 8.01. The molecule has 0 spiro atoms. The normalized spacial score (nSPS) is 10.9. The largest absolute Gasteiger partial charge is 0.496 e. The van der Waals surface area contributed by atoms with Crippen molar-refractivity contribution in [2.45, 2.75) is 13.8 Å². The van der Waals surface area contributed by atoms with Gasteiger partial charge < -0.3 is 13.7 Å². The van der Waals surface area contributed by atoms with E-state index in [1.54, 1.807) is 36.2 Å². The zero-order valence-electron chi connectivity index (χ0n) is 15.3. The fraction of sp³-hybridized carbons (Fsp3) is 0.222. The van der Waals surface area contributed by atoms with Crippen molar-refractivity contribution >= 4 is 11.0 Å². The molecule has 0 N–H and O–H groups in total. The first kappa shape index (κ1) is 18.7. The van der Waals surface area contributed by atoms with Crippen molar-refractivity contribution in [2.75, 3.05) is 14.2 Å². The second kappa shape index (κ2) is 7.67. The van der Waals surface area contributed by atoms with Gasteiger partial charge in [0.2, 0.25) is 0 Å². The predicted octanol–water partition coefficient (Wildman–Crippen LogP) is 2.47. The summed E-state index contributed by atoms with van der Waals surface area (Å²) in [5.74, 6) is 1.15. The molecule has 3 rings (SSSR count). The highest BCUT2D eigenvalue weighted by Gasteiger charge is 2.15. The first-order chi connectivity index (χ1) is 12.9. The van der Waals surface area contributed by atoms with Gasteiger partial charge in [0.1, 0.15) is 5.75 Å². The third kappa shape index (κ3) is 3.72. The van der Waals surface area contributed by atoms with Crippen LogP contribution in [0.5, 0.6) is 17.2 Å². The molecule has 0 unspecified atom stereocenters. The van der Waals surface area contributed by atoms with E-state index < -0.39 is 11.0 Å². The fourth-order valence-electron chi connectivity index (χ4n) is 2.75. The molecule has 0 atom stereocenters. The summed E-state index contributed by atoms with van der Waals surface area (Å²) < 4.78 is 39.0. The summed E-state index contributed by atoms with van der Waals surface area (Å²) in [5, 5.41) is 8.16. The topological polar surface area (TPSA) is 92.5 Å². The molecule has 1 heterocycles. The van der Waals surface area contributed by atoms with Crippen molar-refractivity contribution in [3.05, 3.63) is 47.7 Å². The summed E-state index contributed by atoms with van der Waals surface area (Å²) in [6.07, 6.45) is 1.59. The number of methoxy groups -OCH3 is 2. The van der Waals surface area contributed by atoms with Gasteiger partial charge in [-0.25, -0.2) is 4.68 Å². The molecular weight excluding hydrogens is 370 g/mol. The SMILES string of the molecule is COc1ccc(-c2cnnn2-c2cc(C)c(C)c(OC)c2)cc1O[SH](=O)=O. The van der Waals surface area contributed by atoms with Crippen molar-refractivity contribution in [1.29, 1.82) is 0 Å². The van der Waals surface area contributed by atoms with Crippen molar-refractivity contribution < 1.29 is 22.1 Å². The number of nitrogens with zero attached hydrogens (tertiary/aromatic N) is 3. The van der Waals surface area contributed by atoms with Gasteiger partial charge in [0.05, 0.1) is 31.8 Å². The van der Waals surface area contributed by atoms with Gasteiger partial charge in [-0.15, -0.1) is 5.10 Å². The summed E-state index contributed by atoms with van der Waals surface area (Å²) in [7, 11) is -0.0158. The Hall–Kier alpha value is -3.07. The van der Waals surface area contributed by atoms with Crippen LogP contribution in [0.1, 0.15) is 11.1 Å². The van der Waals surface area contributed by atoms with E-state index in [9.17, 15) is 8.42 Å². The minimum atomic E-state index is -3.07. The maximum absolute atomic E-state index is 11.0. The lowest BCUT2D eigenvalue weighted by atomic mass is 10.1. The van der Waals surface area contributed by atoms with Crippen LogP contribution < -0.4 is 13.7 Å². The van der Waals surface area contributed by atoms with Crippen LogP contribution in [0.25, 0.3) is 16.9 Å². The van der Waals surface area contributed by atoms with Crippen LogP contribution in [0.15, 0.2) is 36.5 Å². The fourth-order valence-corrected chi connectivity index (χ4v) is 3.06. The average Bonchev–Trinajstić information content (AvgIpc) is 3.13. The quantitative estimate of drug-likeness (QED) is 0.648. The molecular formula is C18H19N3O5S. The summed E-state index contributed by atoms with van der Waals surface area (Å²) in [6.45, 7) is 3.97. The standard InChI is InChI=1S/C18H19N3O5S/c1-11-7-14(9-17(25-4)12(11)2)21-15(10-19-20-21)13-5-6-16(24-3)18(8-13)26-27(22)23/h5-10,27H,1-4H3. The number of aryl methyl sites for hydroxylation is 1. The van der Waals surface area contributed by atoms with Crippen molar-refractivity contribution in [3.8, 4) is 34.2 Å². The molecule has 0 bridgehead atoms. The van der Waals surface area contributed by atoms with Gasteiger partial charge in [-0.1, -0.05) is 5.21 Å². The van der Waals surface area contributed by atoms with Gasteiger partial charge >= 0.3 is 0 Å². The number of ether oxygens (including phenoxy) is 2. The highest BCUT2D eigenvalue weighted by atomic mass is 32.2.